The minimum Gasteiger partial charge on any atom is -0.478 e. The molecule has 1 aliphatic carbocycles. The summed E-state index contributed by atoms with van der Waals surface area (Å²) in [6.45, 7) is 0.194. The highest BCUT2D eigenvalue weighted by atomic mass is 16.4. The minimum absolute atomic E-state index is 0.0131. The number of carbonyl (C=O) groups is 3. The third-order valence-corrected chi connectivity index (χ3v) is 2.99. The van der Waals surface area contributed by atoms with Gasteiger partial charge in [0.05, 0.1) is 11.3 Å². The van der Waals surface area contributed by atoms with E-state index in [1.54, 1.807) is 12.1 Å². The summed E-state index contributed by atoms with van der Waals surface area (Å²) in [5.41, 5.74) is 0.226. The Balaban J connectivity index is 1.76. The maximum absolute atomic E-state index is 11.7. The van der Waals surface area contributed by atoms with E-state index >= 15 is 0 Å². The molecule has 7 nitrogen and oxygen atoms in total. The number of para-hydroxylation sites is 1. The molecule has 0 atom stereocenters. The van der Waals surface area contributed by atoms with Gasteiger partial charge in [-0.3, -0.25) is 4.79 Å². The molecule has 0 heterocycles. The molecule has 7 heteroatoms. The van der Waals surface area contributed by atoms with E-state index < -0.39 is 12.0 Å². The molecule has 3 amide bonds. The lowest BCUT2D eigenvalue weighted by molar-refractivity contribution is -0.121. The predicted octanol–water partition coefficient (Wildman–Crippen LogP) is 1.17. The number of rotatable bonds is 6. The Morgan fingerprint density at radius 2 is 1.90 bits per heavy atom. The van der Waals surface area contributed by atoms with Crippen LogP contribution in [0.1, 0.15) is 29.6 Å². The third kappa shape index (κ3) is 4.79. The van der Waals surface area contributed by atoms with Gasteiger partial charge >= 0.3 is 12.0 Å². The molecule has 21 heavy (non-hydrogen) atoms. The molecule has 0 aliphatic heterocycles. The number of anilines is 1. The predicted molar refractivity (Wildman–Crippen MR) is 76.2 cm³/mol. The van der Waals surface area contributed by atoms with Crippen molar-refractivity contribution in [1.29, 1.82) is 0 Å². The summed E-state index contributed by atoms with van der Waals surface area (Å²) in [4.78, 5) is 34.1. The standard InChI is InChI=1S/C14H17N3O4/c18-12(16-9-5-6-9)7-8-15-14(21)17-11-4-2-1-3-10(11)13(19)20/h1-4,9H,5-8H2,(H,16,18)(H,19,20)(H2,15,17,21). The Morgan fingerprint density at radius 1 is 1.19 bits per heavy atom. The third-order valence-electron chi connectivity index (χ3n) is 2.99. The SMILES string of the molecule is O=C(CCNC(=O)Nc1ccccc1C(=O)O)NC1CC1. The Kier molecular flexibility index (Phi) is 4.76. The maximum atomic E-state index is 11.7. The van der Waals surface area contributed by atoms with Gasteiger partial charge in [0.1, 0.15) is 0 Å². The van der Waals surface area contributed by atoms with Crippen LogP contribution in [0.4, 0.5) is 10.5 Å². The number of nitrogens with one attached hydrogen (secondary N) is 3. The zero-order valence-electron chi connectivity index (χ0n) is 11.4. The van der Waals surface area contributed by atoms with Crippen LogP contribution in [0.15, 0.2) is 24.3 Å². The van der Waals surface area contributed by atoms with Gasteiger partial charge in [0, 0.05) is 19.0 Å². The average Bonchev–Trinajstić information content (AvgIpc) is 3.23. The quantitative estimate of drug-likeness (QED) is 0.631. The first kappa shape index (κ1) is 14.8. The summed E-state index contributed by atoms with van der Waals surface area (Å²) in [5.74, 6) is -1.21. The van der Waals surface area contributed by atoms with Crippen LogP contribution in [-0.2, 0) is 4.79 Å². The number of carbonyl (C=O) groups excluding carboxylic acids is 2. The first-order valence-corrected chi connectivity index (χ1v) is 6.73. The maximum Gasteiger partial charge on any atom is 0.337 e. The fraction of sp³-hybridized carbons (Fsp3) is 0.357. The van der Waals surface area contributed by atoms with Gasteiger partial charge in [0.15, 0.2) is 0 Å². The Morgan fingerprint density at radius 3 is 2.57 bits per heavy atom. The van der Waals surface area contributed by atoms with E-state index in [-0.39, 0.29) is 30.1 Å². The fourth-order valence-corrected chi connectivity index (χ4v) is 1.76. The molecular formula is C14H17N3O4. The van der Waals surface area contributed by atoms with Crippen LogP contribution in [0.25, 0.3) is 0 Å². The molecule has 0 bridgehead atoms. The normalized spacial score (nSPS) is 13.3. The summed E-state index contributed by atoms with van der Waals surface area (Å²) in [5, 5.41) is 16.8. The highest BCUT2D eigenvalue weighted by Crippen LogP contribution is 2.18. The van der Waals surface area contributed by atoms with Crippen LogP contribution in [0.2, 0.25) is 0 Å². The molecule has 1 aliphatic rings. The Hall–Kier alpha value is -2.57. The zero-order valence-corrected chi connectivity index (χ0v) is 11.4. The van der Waals surface area contributed by atoms with Crippen molar-refractivity contribution in [3.63, 3.8) is 0 Å². The van der Waals surface area contributed by atoms with Gasteiger partial charge in [-0.25, -0.2) is 9.59 Å². The van der Waals surface area contributed by atoms with Crippen molar-refractivity contribution < 1.29 is 19.5 Å². The lowest BCUT2D eigenvalue weighted by atomic mass is 10.2. The molecule has 0 unspecified atom stereocenters. The van der Waals surface area contributed by atoms with Gasteiger partial charge < -0.3 is 21.1 Å². The fourth-order valence-electron chi connectivity index (χ4n) is 1.76. The zero-order chi connectivity index (χ0) is 15.2. The van der Waals surface area contributed by atoms with Crippen molar-refractivity contribution in [1.82, 2.24) is 10.6 Å². The van der Waals surface area contributed by atoms with E-state index in [2.05, 4.69) is 16.0 Å². The molecule has 2 rings (SSSR count). The number of urea groups is 1. The Bertz CT molecular complexity index is 555. The number of benzene rings is 1. The largest absolute Gasteiger partial charge is 0.478 e. The molecule has 0 aromatic heterocycles. The van der Waals surface area contributed by atoms with Crippen molar-refractivity contribution >= 4 is 23.6 Å². The molecule has 4 N–H and O–H groups in total. The van der Waals surface area contributed by atoms with Crippen LogP contribution >= 0.6 is 0 Å². The van der Waals surface area contributed by atoms with Crippen molar-refractivity contribution in [2.45, 2.75) is 25.3 Å². The van der Waals surface area contributed by atoms with Crippen LogP contribution in [0, 0.1) is 0 Å². The van der Waals surface area contributed by atoms with Crippen molar-refractivity contribution in [3.05, 3.63) is 29.8 Å². The second-order valence-corrected chi connectivity index (χ2v) is 4.82. The first-order chi connectivity index (χ1) is 10.1. The number of carboxylic acids is 1. The number of hydrogen-bond donors (Lipinski definition) is 4. The van der Waals surface area contributed by atoms with E-state index in [4.69, 9.17) is 5.11 Å². The van der Waals surface area contributed by atoms with Crippen LogP contribution in [-0.4, -0.2) is 35.6 Å². The molecular weight excluding hydrogens is 274 g/mol. The molecule has 1 aromatic rings. The van der Waals surface area contributed by atoms with Gasteiger partial charge in [0.25, 0.3) is 0 Å². The minimum atomic E-state index is -1.12. The topological polar surface area (TPSA) is 108 Å². The Labute approximate surface area is 121 Å². The molecule has 112 valence electrons. The van der Waals surface area contributed by atoms with Gasteiger partial charge in [0.2, 0.25) is 5.91 Å². The molecule has 1 saturated carbocycles. The van der Waals surface area contributed by atoms with Gasteiger partial charge in [-0.1, -0.05) is 12.1 Å². The molecule has 0 saturated heterocycles. The number of amides is 3. The number of aromatic carboxylic acids is 1. The highest BCUT2D eigenvalue weighted by Gasteiger charge is 2.22. The summed E-state index contributed by atoms with van der Waals surface area (Å²) in [6.07, 6.45) is 2.24. The smallest absolute Gasteiger partial charge is 0.337 e. The monoisotopic (exact) mass is 291 g/mol. The summed E-state index contributed by atoms with van der Waals surface area (Å²) in [7, 11) is 0. The lowest BCUT2D eigenvalue weighted by Crippen LogP contribution is -2.34. The number of hydrogen-bond acceptors (Lipinski definition) is 3. The van der Waals surface area contributed by atoms with Crippen molar-refractivity contribution in [3.8, 4) is 0 Å². The molecule has 1 fully saturated rings. The molecule has 1 aromatic carbocycles. The van der Waals surface area contributed by atoms with Gasteiger partial charge in [-0.05, 0) is 25.0 Å². The van der Waals surface area contributed by atoms with E-state index in [0.717, 1.165) is 12.8 Å². The summed E-state index contributed by atoms with van der Waals surface area (Å²) >= 11 is 0. The summed E-state index contributed by atoms with van der Waals surface area (Å²) < 4.78 is 0. The van der Waals surface area contributed by atoms with Gasteiger partial charge in [-0.15, -0.1) is 0 Å². The van der Waals surface area contributed by atoms with E-state index in [9.17, 15) is 14.4 Å². The van der Waals surface area contributed by atoms with Crippen LogP contribution in [0.5, 0.6) is 0 Å². The highest BCUT2D eigenvalue weighted by molar-refractivity contribution is 6.00. The first-order valence-electron chi connectivity index (χ1n) is 6.73. The second-order valence-electron chi connectivity index (χ2n) is 4.82. The number of carboxylic acid groups (broad SMARTS) is 1. The molecule has 0 radical (unpaired) electrons. The van der Waals surface area contributed by atoms with E-state index in [1.807, 2.05) is 0 Å². The van der Waals surface area contributed by atoms with Gasteiger partial charge in [-0.2, -0.15) is 0 Å². The average molecular weight is 291 g/mol. The van der Waals surface area contributed by atoms with Crippen LogP contribution < -0.4 is 16.0 Å². The second kappa shape index (κ2) is 6.74. The van der Waals surface area contributed by atoms with Crippen molar-refractivity contribution in [2.75, 3.05) is 11.9 Å². The van der Waals surface area contributed by atoms with E-state index in [0.29, 0.717) is 6.04 Å². The lowest BCUT2D eigenvalue weighted by Gasteiger charge is -2.09. The van der Waals surface area contributed by atoms with E-state index in [1.165, 1.54) is 12.1 Å². The van der Waals surface area contributed by atoms with Crippen LogP contribution in [0.3, 0.4) is 0 Å². The summed E-state index contributed by atoms with van der Waals surface area (Å²) in [6, 6.07) is 5.88. The molecule has 0 spiro atoms. The van der Waals surface area contributed by atoms with Crippen molar-refractivity contribution in [2.24, 2.45) is 0 Å².